The molecule has 3 aromatic rings. The Labute approximate surface area is 209 Å². The number of hydrogen-bond acceptors (Lipinski definition) is 2. The molecular weight excluding hydrogens is 428 g/mol. The van der Waals surface area contributed by atoms with Crippen LogP contribution in [0.2, 0.25) is 0 Å². The van der Waals surface area contributed by atoms with E-state index in [1.807, 2.05) is 0 Å². The van der Waals surface area contributed by atoms with Gasteiger partial charge >= 0.3 is 0 Å². The number of amides is 1. The van der Waals surface area contributed by atoms with Gasteiger partial charge in [0.15, 0.2) is 0 Å². The van der Waals surface area contributed by atoms with Gasteiger partial charge in [-0.2, -0.15) is 0 Å². The van der Waals surface area contributed by atoms with Crippen LogP contribution in [0.3, 0.4) is 0 Å². The highest BCUT2D eigenvalue weighted by Crippen LogP contribution is 2.50. The van der Waals surface area contributed by atoms with Gasteiger partial charge < -0.3 is 5.32 Å². The summed E-state index contributed by atoms with van der Waals surface area (Å²) < 4.78 is 0. The van der Waals surface area contributed by atoms with Crippen molar-refractivity contribution in [3.8, 4) is 0 Å². The zero-order chi connectivity index (χ0) is 24.0. The van der Waals surface area contributed by atoms with E-state index in [4.69, 9.17) is 0 Å². The van der Waals surface area contributed by atoms with Gasteiger partial charge in [-0.3, -0.25) is 9.69 Å². The first-order chi connectivity index (χ1) is 17.0. The fourth-order valence-electron chi connectivity index (χ4n) is 6.66. The Kier molecular flexibility index (Phi) is 5.92. The molecule has 1 amide bonds. The van der Waals surface area contributed by atoms with Crippen LogP contribution in [-0.4, -0.2) is 36.5 Å². The maximum absolute atomic E-state index is 13.0. The third-order valence-electron chi connectivity index (χ3n) is 9.04. The average Bonchev–Trinajstić information content (AvgIpc) is 3.70. The number of nitrogens with zero attached hydrogens (tertiary/aromatic N) is 1. The Hall–Kier alpha value is -2.65. The van der Waals surface area contributed by atoms with E-state index in [2.05, 4.69) is 84.7 Å². The van der Waals surface area contributed by atoms with Gasteiger partial charge in [-0.05, 0) is 102 Å². The summed E-state index contributed by atoms with van der Waals surface area (Å²) in [5, 5.41) is 5.74. The molecule has 3 aromatic carbocycles. The smallest absolute Gasteiger partial charge is 0.251 e. The van der Waals surface area contributed by atoms with E-state index < -0.39 is 0 Å². The van der Waals surface area contributed by atoms with Crippen molar-refractivity contribution in [2.75, 3.05) is 19.6 Å². The number of nitrogens with one attached hydrogen (secondary N) is 1. The van der Waals surface area contributed by atoms with Gasteiger partial charge in [0.25, 0.3) is 5.91 Å². The molecule has 0 radical (unpaired) electrons. The third kappa shape index (κ3) is 4.51. The molecule has 3 atom stereocenters. The molecule has 6 rings (SSSR count). The number of likely N-dealkylation sites (tertiary alicyclic amines) is 1. The van der Waals surface area contributed by atoms with Crippen LogP contribution in [0.25, 0.3) is 10.8 Å². The lowest BCUT2D eigenvalue weighted by Crippen LogP contribution is -2.54. The molecular formula is C32H38N2O. The first-order valence-electron chi connectivity index (χ1n) is 13.6. The summed E-state index contributed by atoms with van der Waals surface area (Å²) in [6, 6.07) is 22.3. The monoisotopic (exact) mass is 466 g/mol. The van der Waals surface area contributed by atoms with Gasteiger partial charge in [-0.25, -0.2) is 0 Å². The molecule has 2 fully saturated rings. The molecule has 2 aliphatic carbocycles. The van der Waals surface area contributed by atoms with Gasteiger partial charge in [0.2, 0.25) is 0 Å². The van der Waals surface area contributed by atoms with Crippen LogP contribution in [0, 0.1) is 5.92 Å². The van der Waals surface area contributed by atoms with E-state index in [-0.39, 0.29) is 11.3 Å². The highest BCUT2D eigenvalue weighted by molar-refractivity contribution is 5.94. The summed E-state index contributed by atoms with van der Waals surface area (Å²) in [5.41, 5.74) is 5.24. The van der Waals surface area contributed by atoms with Crippen LogP contribution in [0.5, 0.6) is 0 Å². The van der Waals surface area contributed by atoms with E-state index in [1.165, 1.54) is 66.2 Å². The molecule has 3 aliphatic rings. The number of benzene rings is 3. The Bertz CT molecular complexity index is 1250. The maximum Gasteiger partial charge on any atom is 0.251 e. The minimum atomic E-state index is 0.0656. The van der Waals surface area contributed by atoms with Crippen molar-refractivity contribution < 1.29 is 4.79 Å². The molecule has 1 saturated heterocycles. The Morgan fingerprint density at radius 2 is 1.89 bits per heavy atom. The number of rotatable bonds is 7. The van der Waals surface area contributed by atoms with Crippen LogP contribution in [0.4, 0.5) is 0 Å². The lowest BCUT2D eigenvalue weighted by Gasteiger charge is -2.53. The van der Waals surface area contributed by atoms with E-state index in [9.17, 15) is 4.79 Å². The molecule has 182 valence electrons. The minimum absolute atomic E-state index is 0.0656. The molecule has 1 aliphatic heterocycles. The fraction of sp³-hybridized carbons (Fsp3) is 0.469. The van der Waals surface area contributed by atoms with Crippen LogP contribution in [0.1, 0.15) is 78.9 Å². The van der Waals surface area contributed by atoms with Gasteiger partial charge in [-0.1, -0.05) is 62.4 Å². The zero-order valence-corrected chi connectivity index (χ0v) is 21.2. The summed E-state index contributed by atoms with van der Waals surface area (Å²) in [5.74, 6) is 1.55. The highest BCUT2D eigenvalue weighted by Gasteiger charge is 2.46. The molecule has 0 aromatic heterocycles. The third-order valence-corrected chi connectivity index (χ3v) is 9.04. The highest BCUT2D eigenvalue weighted by atomic mass is 16.1. The normalized spacial score (nSPS) is 25.9. The molecule has 3 nitrogen and oxygen atoms in total. The quantitative estimate of drug-likeness (QED) is 0.406. The lowest BCUT2D eigenvalue weighted by molar-refractivity contribution is 0.0671. The standard InChI is InChI=1S/C32H38N2O/c1-22-28-14-13-27(19-29(28)32(2)15-17-34(30(22)20-32)21-24-9-10-24)31(35)33-16-5-6-23-11-12-25-7-3-4-8-26(25)18-23/h3-4,7-8,11-14,18-19,22,24,30H,5-6,9-10,15-17,20-21H2,1-2H3,(H,33,35)/t22?,30-,32+/m0/s1. The van der Waals surface area contributed by atoms with Crippen LogP contribution < -0.4 is 5.32 Å². The van der Waals surface area contributed by atoms with Gasteiger partial charge in [0.1, 0.15) is 0 Å². The predicted octanol–water partition coefficient (Wildman–Crippen LogP) is 6.45. The number of hydrogen-bond donors (Lipinski definition) is 1. The van der Waals surface area contributed by atoms with E-state index in [0.717, 1.165) is 24.3 Å². The summed E-state index contributed by atoms with van der Waals surface area (Å²) in [4.78, 5) is 15.8. The molecule has 35 heavy (non-hydrogen) atoms. The van der Waals surface area contributed by atoms with E-state index in [1.54, 1.807) is 0 Å². The number of fused-ring (bicyclic) bond motifs is 5. The van der Waals surface area contributed by atoms with Gasteiger partial charge in [0, 0.05) is 24.7 Å². The summed E-state index contributed by atoms with van der Waals surface area (Å²) in [7, 11) is 0. The average molecular weight is 467 g/mol. The first-order valence-corrected chi connectivity index (χ1v) is 13.6. The van der Waals surface area contributed by atoms with Crippen molar-refractivity contribution in [2.24, 2.45) is 5.92 Å². The van der Waals surface area contributed by atoms with Crippen molar-refractivity contribution in [1.29, 1.82) is 0 Å². The number of piperidine rings is 1. The second-order valence-corrected chi connectivity index (χ2v) is 11.7. The van der Waals surface area contributed by atoms with Crippen molar-refractivity contribution >= 4 is 16.7 Å². The molecule has 3 heteroatoms. The SMILES string of the molecule is CC1c2ccc(C(=O)NCCCc3ccc4ccccc4c3)cc2[C@]2(C)CCN(CC3CC3)[C@H]1C2. The second kappa shape index (κ2) is 9.09. The van der Waals surface area contributed by atoms with Crippen molar-refractivity contribution in [3.63, 3.8) is 0 Å². The van der Waals surface area contributed by atoms with Crippen LogP contribution in [0.15, 0.2) is 60.7 Å². The topological polar surface area (TPSA) is 32.3 Å². The molecule has 1 unspecified atom stereocenters. The second-order valence-electron chi connectivity index (χ2n) is 11.7. The summed E-state index contributed by atoms with van der Waals surface area (Å²) in [6.45, 7) is 8.03. The van der Waals surface area contributed by atoms with E-state index >= 15 is 0 Å². The van der Waals surface area contributed by atoms with E-state index in [0.29, 0.717) is 18.5 Å². The molecule has 0 spiro atoms. The maximum atomic E-state index is 13.0. The summed E-state index contributed by atoms with van der Waals surface area (Å²) >= 11 is 0. The van der Waals surface area contributed by atoms with Crippen molar-refractivity contribution in [1.82, 2.24) is 10.2 Å². The largest absolute Gasteiger partial charge is 0.352 e. The Morgan fingerprint density at radius 3 is 2.71 bits per heavy atom. The van der Waals surface area contributed by atoms with Gasteiger partial charge in [-0.15, -0.1) is 0 Å². The van der Waals surface area contributed by atoms with Gasteiger partial charge in [0.05, 0.1) is 0 Å². The predicted molar refractivity (Wildman–Crippen MR) is 144 cm³/mol. The zero-order valence-electron chi connectivity index (χ0n) is 21.2. The molecule has 1 heterocycles. The van der Waals surface area contributed by atoms with Crippen LogP contribution in [-0.2, 0) is 11.8 Å². The molecule has 2 bridgehead atoms. The summed E-state index contributed by atoms with van der Waals surface area (Å²) in [6.07, 6.45) is 7.20. The number of carbonyl (C=O) groups excluding carboxylic acids is 1. The molecule has 1 N–H and O–H groups in total. The number of aryl methyl sites for hydroxylation is 1. The van der Waals surface area contributed by atoms with Crippen LogP contribution >= 0.6 is 0 Å². The number of carbonyl (C=O) groups is 1. The van der Waals surface area contributed by atoms with Crippen molar-refractivity contribution in [2.45, 2.75) is 69.7 Å². The minimum Gasteiger partial charge on any atom is -0.352 e. The first kappa shape index (κ1) is 22.8. The lowest BCUT2D eigenvalue weighted by atomic mass is 9.61. The fourth-order valence-corrected chi connectivity index (χ4v) is 6.66. The molecule has 1 saturated carbocycles. The Balaban J connectivity index is 1.10. The Morgan fingerprint density at radius 1 is 1.06 bits per heavy atom. The van der Waals surface area contributed by atoms with Crippen molar-refractivity contribution in [3.05, 3.63) is 82.9 Å².